The molecule has 162 valence electrons. The zero-order valence-electron chi connectivity index (χ0n) is 17.6. The Bertz CT molecular complexity index is 1050. The summed E-state index contributed by atoms with van der Waals surface area (Å²) in [6.07, 6.45) is 0.521. The first kappa shape index (κ1) is 22.8. The number of nitrogens with one attached hydrogen (secondary N) is 2. The number of carbonyl (C=O) groups is 2. The summed E-state index contributed by atoms with van der Waals surface area (Å²) >= 11 is 7.18. The number of aryl methyl sites for hydroxylation is 1. The number of rotatable bonds is 8. The van der Waals surface area contributed by atoms with Crippen LogP contribution in [0, 0.1) is 6.92 Å². The molecule has 7 nitrogen and oxygen atoms in total. The van der Waals surface area contributed by atoms with Gasteiger partial charge in [-0.25, -0.2) is 0 Å². The molecule has 0 bridgehead atoms. The number of thioether (sulfide) groups is 1. The fourth-order valence-corrected chi connectivity index (χ4v) is 3.71. The molecule has 0 fully saturated rings. The Morgan fingerprint density at radius 2 is 1.77 bits per heavy atom. The first-order chi connectivity index (χ1) is 14.8. The van der Waals surface area contributed by atoms with Crippen LogP contribution in [0.5, 0.6) is 0 Å². The van der Waals surface area contributed by atoms with Crippen LogP contribution in [0.2, 0.25) is 5.02 Å². The lowest BCUT2D eigenvalue weighted by Crippen LogP contribution is -2.26. The van der Waals surface area contributed by atoms with Gasteiger partial charge in [0, 0.05) is 36.3 Å². The van der Waals surface area contributed by atoms with Crippen LogP contribution in [0.25, 0.3) is 0 Å². The molecule has 2 N–H and O–H groups in total. The van der Waals surface area contributed by atoms with Gasteiger partial charge < -0.3 is 15.2 Å². The van der Waals surface area contributed by atoms with Crippen LogP contribution in [-0.4, -0.2) is 38.4 Å². The summed E-state index contributed by atoms with van der Waals surface area (Å²) in [7, 11) is 1.85. The number of carbonyl (C=O) groups excluding carboxylic acids is 2. The molecule has 0 radical (unpaired) electrons. The molecule has 0 aliphatic heterocycles. The van der Waals surface area contributed by atoms with E-state index in [2.05, 4.69) is 20.8 Å². The van der Waals surface area contributed by atoms with Gasteiger partial charge in [-0.15, -0.1) is 10.2 Å². The lowest BCUT2D eigenvalue weighted by atomic mass is 10.2. The summed E-state index contributed by atoms with van der Waals surface area (Å²) in [4.78, 5) is 24.7. The van der Waals surface area contributed by atoms with Gasteiger partial charge in [0.15, 0.2) is 5.16 Å². The highest BCUT2D eigenvalue weighted by atomic mass is 35.5. The molecule has 1 heterocycles. The van der Waals surface area contributed by atoms with Gasteiger partial charge in [0.25, 0.3) is 5.91 Å². The Morgan fingerprint density at radius 3 is 2.45 bits per heavy atom. The summed E-state index contributed by atoms with van der Waals surface area (Å²) in [5.74, 6) is 0.452. The highest BCUT2D eigenvalue weighted by molar-refractivity contribution is 8.00. The minimum Gasteiger partial charge on any atom is -0.352 e. The fraction of sp³-hybridized carbons (Fsp3) is 0.273. The fourth-order valence-electron chi connectivity index (χ4n) is 2.75. The van der Waals surface area contributed by atoms with Crippen LogP contribution in [0.15, 0.2) is 53.7 Å². The highest BCUT2D eigenvalue weighted by Crippen LogP contribution is 2.23. The van der Waals surface area contributed by atoms with Crippen LogP contribution in [0.4, 0.5) is 5.69 Å². The number of benzene rings is 2. The summed E-state index contributed by atoms with van der Waals surface area (Å²) in [6.45, 7) is 4.25. The standard InChI is InChI=1S/C22H24ClN5O2S/c1-14-4-10-18(11-5-14)25-20(29)15(2)31-22-27-26-19(28(22)3)12-13-24-21(30)16-6-8-17(23)9-7-16/h4-11,15H,12-13H2,1-3H3,(H,24,30)(H,25,29). The van der Waals surface area contributed by atoms with Gasteiger partial charge in [0.05, 0.1) is 5.25 Å². The maximum atomic E-state index is 12.5. The van der Waals surface area contributed by atoms with E-state index in [1.807, 2.05) is 49.7 Å². The van der Waals surface area contributed by atoms with Crippen molar-refractivity contribution >= 4 is 40.9 Å². The Labute approximate surface area is 190 Å². The summed E-state index contributed by atoms with van der Waals surface area (Å²) in [6, 6.07) is 14.4. The first-order valence-corrected chi connectivity index (χ1v) is 11.1. The minimum atomic E-state index is -0.346. The zero-order chi connectivity index (χ0) is 22.4. The average Bonchev–Trinajstić information content (AvgIpc) is 3.09. The van der Waals surface area contributed by atoms with Crippen molar-refractivity contribution in [2.75, 3.05) is 11.9 Å². The monoisotopic (exact) mass is 457 g/mol. The Morgan fingerprint density at radius 1 is 1.10 bits per heavy atom. The van der Waals surface area contributed by atoms with Gasteiger partial charge in [0.2, 0.25) is 5.91 Å². The van der Waals surface area contributed by atoms with Crippen LogP contribution in [0.3, 0.4) is 0 Å². The molecule has 0 aliphatic rings. The molecule has 2 amide bonds. The molecule has 0 spiro atoms. The SMILES string of the molecule is Cc1ccc(NC(=O)C(C)Sc2nnc(CCNC(=O)c3ccc(Cl)cc3)n2C)cc1. The van der Waals surface area contributed by atoms with Crippen LogP contribution < -0.4 is 10.6 Å². The zero-order valence-corrected chi connectivity index (χ0v) is 19.1. The smallest absolute Gasteiger partial charge is 0.251 e. The summed E-state index contributed by atoms with van der Waals surface area (Å²) in [5, 5.41) is 15.0. The van der Waals surface area contributed by atoms with Crippen molar-refractivity contribution in [3.8, 4) is 0 Å². The number of hydrogen-bond donors (Lipinski definition) is 2. The second-order valence-electron chi connectivity index (χ2n) is 7.09. The average molecular weight is 458 g/mol. The molecular weight excluding hydrogens is 434 g/mol. The molecule has 1 unspecified atom stereocenters. The third kappa shape index (κ3) is 6.32. The van der Waals surface area contributed by atoms with Crippen molar-refractivity contribution in [3.05, 3.63) is 70.5 Å². The van der Waals surface area contributed by atoms with Crippen LogP contribution in [0.1, 0.15) is 28.7 Å². The lowest BCUT2D eigenvalue weighted by Gasteiger charge is -2.12. The van der Waals surface area contributed by atoms with Crippen molar-refractivity contribution in [1.29, 1.82) is 0 Å². The van der Waals surface area contributed by atoms with Crippen molar-refractivity contribution in [2.45, 2.75) is 30.7 Å². The molecule has 1 aromatic heterocycles. The number of halogens is 1. The molecule has 2 aromatic carbocycles. The topological polar surface area (TPSA) is 88.9 Å². The third-order valence-corrected chi connectivity index (χ3v) is 6.02. The molecular formula is C22H24ClN5O2S. The van der Waals surface area contributed by atoms with Crippen LogP contribution in [-0.2, 0) is 18.3 Å². The minimum absolute atomic E-state index is 0.103. The van der Waals surface area contributed by atoms with E-state index in [1.54, 1.807) is 24.3 Å². The van der Waals surface area contributed by atoms with Gasteiger partial charge in [-0.1, -0.05) is 41.1 Å². The predicted octanol–water partition coefficient (Wildman–Crippen LogP) is 3.87. The van der Waals surface area contributed by atoms with E-state index in [1.165, 1.54) is 11.8 Å². The first-order valence-electron chi connectivity index (χ1n) is 9.79. The van der Waals surface area contributed by atoms with E-state index in [0.717, 1.165) is 17.1 Å². The molecule has 9 heteroatoms. The van der Waals surface area contributed by atoms with Gasteiger partial charge in [-0.2, -0.15) is 0 Å². The molecule has 3 aromatic rings. The highest BCUT2D eigenvalue weighted by Gasteiger charge is 2.19. The van der Waals surface area contributed by atoms with E-state index in [-0.39, 0.29) is 17.1 Å². The number of nitrogens with zero attached hydrogens (tertiary/aromatic N) is 3. The predicted molar refractivity (Wildman–Crippen MR) is 124 cm³/mol. The number of anilines is 1. The summed E-state index contributed by atoms with van der Waals surface area (Å²) < 4.78 is 1.84. The van der Waals surface area contributed by atoms with Crippen molar-refractivity contribution in [3.63, 3.8) is 0 Å². The Kier molecular flexibility index (Phi) is 7.70. The maximum Gasteiger partial charge on any atom is 0.251 e. The Hall–Kier alpha value is -2.84. The van der Waals surface area contributed by atoms with E-state index in [4.69, 9.17) is 11.6 Å². The molecule has 0 aliphatic carbocycles. The maximum absolute atomic E-state index is 12.5. The summed E-state index contributed by atoms with van der Waals surface area (Å²) in [5.41, 5.74) is 2.45. The lowest BCUT2D eigenvalue weighted by molar-refractivity contribution is -0.115. The normalized spacial score (nSPS) is 11.7. The molecule has 0 saturated carbocycles. The van der Waals surface area contributed by atoms with Gasteiger partial charge in [-0.05, 0) is 50.2 Å². The van der Waals surface area contributed by atoms with E-state index in [9.17, 15) is 9.59 Å². The third-order valence-electron chi connectivity index (χ3n) is 4.64. The molecule has 0 saturated heterocycles. The van der Waals surface area contributed by atoms with Crippen molar-refractivity contribution in [2.24, 2.45) is 7.05 Å². The van der Waals surface area contributed by atoms with Gasteiger partial charge in [0.1, 0.15) is 5.82 Å². The Balaban J connectivity index is 1.50. The van der Waals surface area contributed by atoms with E-state index in [0.29, 0.717) is 28.7 Å². The van der Waals surface area contributed by atoms with Crippen molar-refractivity contribution in [1.82, 2.24) is 20.1 Å². The molecule has 31 heavy (non-hydrogen) atoms. The van der Waals surface area contributed by atoms with Gasteiger partial charge >= 0.3 is 0 Å². The number of aromatic nitrogens is 3. The largest absolute Gasteiger partial charge is 0.352 e. The van der Waals surface area contributed by atoms with Crippen LogP contribution >= 0.6 is 23.4 Å². The van der Waals surface area contributed by atoms with E-state index >= 15 is 0 Å². The van der Waals surface area contributed by atoms with Gasteiger partial charge in [-0.3, -0.25) is 9.59 Å². The number of amides is 2. The molecule has 3 rings (SSSR count). The second-order valence-corrected chi connectivity index (χ2v) is 8.83. The van der Waals surface area contributed by atoms with Crippen molar-refractivity contribution < 1.29 is 9.59 Å². The quantitative estimate of drug-likeness (QED) is 0.501. The second kappa shape index (κ2) is 10.5. The number of hydrogen-bond acceptors (Lipinski definition) is 5. The van der Waals surface area contributed by atoms with E-state index < -0.39 is 0 Å². The molecule has 1 atom stereocenters.